The molecule has 1 atom stereocenters. The maximum atomic E-state index is 12.3. The Morgan fingerprint density at radius 2 is 1.82 bits per heavy atom. The second kappa shape index (κ2) is 7.40. The fraction of sp³-hybridized carbons (Fsp3) is 0.529. The van der Waals surface area contributed by atoms with Gasteiger partial charge in [0.25, 0.3) is 5.91 Å². The van der Waals surface area contributed by atoms with Gasteiger partial charge in [0.15, 0.2) is 6.04 Å². The van der Waals surface area contributed by atoms with Gasteiger partial charge in [0.05, 0.1) is 26.2 Å². The van der Waals surface area contributed by atoms with E-state index in [-0.39, 0.29) is 17.9 Å². The number of rotatable bonds is 4. The van der Waals surface area contributed by atoms with E-state index in [2.05, 4.69) is 24.4 Å². The molecule has 0 spiro atoms. The summed E-state index contributed by atoms with van der Waals surface area (Å²) < 4.78 is 0. The maximum absolute atomic E-state index is 12.3. The first kappa shape index (κ1) is 16.5. The maximum Gasteiger partial charge on any atom is 0.278 e. The fourth-order valence-electron chi connectivity index (χ4n) is 2.78. The number of quaternary nitrogens is 1. The van der Waals surface area contributed by atoms with Gasteiger partial charge in [-0.15, -0.1) is 0 Å². The number of hydrogen-bond donors (Lipinski definition) is 2. The Hall–Kier alpha value is -1.88. The summed E-state index contributed by atoms with van der Waals surface area (Å²) in [5, 5.41) is 3.01. The minimum Gasteiger partial charge on any atom is -0.347 e. The normalized spacial score (nSPS) is 17.1. The van der Waals surface area contributed by atoms with Crippen LogP contribution in [0.15, 0.2) is 24.3 Å². The molecule has 0 bridgehead atoms. The number of nitrogens with zero attached hydrogens (tertiary/aromatic N) is 1. The van der Waals surface area contributed by atoms with E-state index in [0.29, 0.717) is 6.54 Å². The molecule has 0 saturated carbocycles. The molecule has 1 fully saturated rings. The summed E-state index contributed by atoms with van der Waals surface area (Å²) >= 11 is 0. The molecule has 1 saturated heterocycles. The van der Waals surface area contributed by atoms with E-state index < -0.39 is 0 Å². The highest BCUT2D eigenvalue weighted by atomic mass is 16.2. The minimum atomic E-state index is -0.0837. The molecule has 1 aliphatic rings. The summed E-state index contributed by atoms with van der Waals surface area (Å²) in [7, 11) is 0. The van der Waals surface area contributed by atoms with Crippen molar-refractivity contribution in [1.29, 1.82) is 0 Å². The highest BCUT2D eigenvalue weighted by Gasteiger charge is 2.29. The van der Waals surface area contributed by atoms with Crippen molar-refractivity contribution < 1.29 is 14.5 Å². The number of aryl methyl sites for hydroxylation is 1. The van der Waals surface area contributed by atoms with Gasteiger partial charge in [-0.2, -0.15) is 0 Å². The Labute approximate surface area is 132 Å². The molecule has 1 aromatic carbocycles. The van der Waals surface area contributed by atoms with Crippen molar-refractivity contribution in [2.75, 3.05) is 26.2 Å². The van der Waals surface area contributed by atoms with Crippen molar-refractivity contribution in [3.8, 4) is 0 Å². The predicted octanol–water partition coefficient (Wildman–Crippen LogP) is -0.253. The summed E-state index contributed by atoms with van der Waals surface area (Å²) in [6, 6.07) is 8.10. The standard InChI is InChI=1S/C17H25N3O2/c1-13-4-6-16(7-5-13)12-18-17(22)14(2)19-8-10-20(11-9-19)15(3)21/h4-7,14H,8-12H2,1-3H3,(H,18,22)/p+1/t14-/m1/s1. The molecule has 0 aromatic heterocycles. The third-order valence-corrected chi connectivity index (χ3v) is 4.44. The Morgan fingerprint density at radius 1 is 1.23 bits per heavy atom. The van der Waals surface area contributed by atoms with Crippen LogP contribution >= 0.6 is 0 Å². The number of carbonyl (C=O) groups is 2. The van der Waals surface area contributed by atoms with Crippen molar-refractivity contribution in [2.45, 2.75) is 33.4 Å². The quantitative estimate of drug-likeness (QED) is 0.806. The van der Waals surface area contributed by atoms with E-state index in [4.69, 9.17) is 0 Å². The molecular formula is C17H26N3O2+. The topological polar surface area (TPSA) is 53.9 Å². The van der Waals surface area contributed by atoms with Crippen LogP contribution in [0, 0.1) is 6.92 Å². The summed E-state index contributed by atoms with van der Waals surface area (Å²) in [5.41, 5.74) is 2.33. The highest BCUT2D eigenvalue weighted by molar-refractivity contribution is 5.80. The van der Waals surface area contributed by atoms with Crippen molar-refractivity contribution in [3.63, 3.8) is 0 Å². The van der Waals surface area contributed by atoms with Gasteiger partial charge in [0.2, 0.25) is 5.91 Å². The van der Waals surface area contributed by atoms with Crippen LogP contribution in [0.25, 0.3) is 0 Å². The predicted molar refractivity (Wildman–Crippen MR) is 85.4 cm³/mol. The third kappa shape index (κ3) is 4.31. The van der Waals surface area contributed by atoms with Crippen LogP contribution in [-0.4, -0.2) is 48.9 Å². The Morgan fingerprint density at radius 3 is 2.36 bits per heavy atom. The van der Waals surface area contributed by atoms with Crippen LogP contribution < -0.4 is 10.2 Å². The molecule has 2 N–H and O–H groups in total. The number of amides is 2. The lowest BCUT2D eigenvalue weighted by Crippen LogP contribution is -3.19. The third-order valence-electron chi connectivity index (χ3n) is 4.44. The van der Waals surface area contributed by atoms with Gasteiger partial charge < -0.3 is 15.1 Å². The molecule has 1 aromatic rings. The largest absolute Gasteiger partial charge is 0.347 e. The summed E-state index contributed by atoms with van der Waals surface area (Å²) in [6.45, 7) is 9.31. The molecule has 1 heterocycles. The average Bonchev–Trinajstić information content (AvgIpc) is 2.53. The van der Waals surface area contributed by atoms with E-state index in [9.17, 15) is 9.59 Å². The summed E-state index contributed by atoms with van der Waals surface area (Å²) in [4.78, 5) is 26.7. The van der Waals surface area contributed by atoms with Crippen LogP contribution in [0.4, 0.5) is 0 Å². The first-order valence-corrected chi connectivity index (χ1v) is 7.90. The molecule has 0 unspecified atom stereocenters. The van der Waals surface area contributed by atoms with Crippen LogP contribution in [-0.2, 0) is 16.1 Å². The summed E-state index contributed by atoms with van der Waals surface area (Å²) in [6.07, 6.45) is 0. The van der Waals surface area contributed by atoms with Crippen molar-refractivity contribution in [2.24, 2.45) is 0 Å². The molecule has 2 amide bonds. The van der Waals surface area contributed by atoms with E-state index in [1.54, 1.807) is 6.92 Å². The molecule has 0 radical (unpaired) electrons. The Balaban J connectivity index is 1.80. The van der Waals surface area contributed by atoms with Gasteiger partial charge in [-0.25, -0.2) is 0 Å². The Kier molecular flexibility index (Phi) is 5.55. The zero-order valence-corrected chi connectivity index (χ0v) is 13.7. The molecule has 22 heavy (non-hydrogen) atoms. The van der Waals surface area contributed by atoms with Crippen molar-refractivity contribution in [3.05, 3.63) is 35.4 Å². The van der Waals surface area contributed by atoms with Gasteiger partial charge in [-0.1, -0.05) is 29.8 Å². The van der Waals surface area contributed by atoms with Crippen molar-refractivity contribution in [1.82, 2.24) is 10.2 Å². The zero-order valence-electron chi connectivity index (χ0n) is 13.7. The van der Waals surface area contributed by atoms with Crippen LogP contribution in [0.1, 0.15) is 25.0 Å². The van der Waals surface area contributed by atoms with E-state index in [0.717, 1.165) is 31.7 Å². The molecule has 5 heteroatoms. The number of nitrogens with one attached hydrogen (secondary N) is 2. The SMILES string of the molecule is CC(=O)N1CC[NH+]([C@H](C)C(=O)NCc2ccc(C)cc2)CC1. The fourth-order valence-corrected chi connectivity index (χ4v) is 2.78. The number of hydrogen-bond acceptors (Lipinski definition) is 2. The molecule has 120 valence electrons. The number of piperazine rings is 1. The molecule has 0 aliphatic carbocycles. The lowest BCUT2D eigenvalue weighted by atomic mass is 10.1. The number of carbonyl (C=O) groups excluding carboxylic acids is 2. The second-order valence-corrected chi connectivity index (χ2v) is 6.09. The highest BCUT2D eigenvalue weighted by Crippen LogP contribution is 2.02. The van der Waals surface area contributed by atoms with E-state index in [1.165, 1.54) is 10.5 Å². The van der Waals surface area contributed by atoms with Gasteiger partial charge in [-0.3, -0.25) is 9.59 Å². The first-order valence-electron chi connectivity index (χ1n) is 7.90. The van der Waals surface area contributed by atoms with E-state index >= 15 is 0 Å². The number of benzene rings is 1. The molecule has 5 nitrogen and oxygen atoms in total. The summed E-state index contributed by atoms with van der Waals surface area (Å²) in [5.74, 6) is 0.197. The lowest BCUT2D eigenvalue weighted by molar-refractivity contribution is -0.918. The van der Waals surface area contributed by atoms with Gasteiger partial charge in [-0.05, 0) is 19.4 Å². The molecular weight excluding hydrogens is 278 g/mol. The van der Waals surface area contributed by atoms with Gasteiger partial charge in [0, 0.05) is 13.5 Å². The smallest absolute Gasteiger partial charge is 0.278 e. The average molecular weight is 304 g/mol. The molecule has 2 rings (SSSR count). The molecule has 1 aliphatic heterocycles. The van der Waals surface area contributed by atoms with Crippen LogP contribution in [0.2, 0.25) is 0 Å². The van der Waals surface area contributed by atoms with E-state index in [1.807, 2.05) is 24.0 Å². The van der Waals surface area contributed by atoms with Crippen molar-refractivity contribution >= 4 is 11.8 Å². The van der Waals surface area contributed by atoms with Gasteiger partial charge in [0.1, 0.15) is 0 Å². The zero-order chi connectivity index (χ0) is 16.1. The first-order chi connectivity index (χ1) is 10.5. The minimum absolute atomic E-state index is 0.0758. The van der Waals surface area contributed by atoms with Crippen LogP contribution in [0.5, 0.6) is 0 Å². The lowest BCUT2D eigenvalue weighted by Gasteiger charge is -2.34. The van der Waals surface area contributed by atoms with Gasteiger partial charge >= 0.3 is 0 Å². The monoisotopic (exact) mass is 304 g/mol. The second-order valence-electron chi connectivity index (χ2n) is 6.09. The Bertz CT molecular complexity index is 519. The van der Waals surface area contributed by atoms with Crippen LogP contribution in [0.3, 0.4) is 0 Å².